The van der Waals surface area contributed by atoms with Crippen molar-refractivity contribution in [1.82, 2.24) is 4.90 Å². The predicted octanol–water partition coefficient (Wildman–Crippen LogP) is 2.62. The normalized spacial score (nSPS) is 20.5. The first-order valence-electron chi connectivity index (χ1n) is 5.87. The first-order valence-corrected chi connectivity index (χ1v) is 6.25. The lowest BCUT2D eigenvalue weighted by Crippen LogP contribution is -2.19. The van der Waals surface area contributed by atoms with Crippen molar-refractivity contribution in [2.75, 3.05) is 25.5 Å². The molecule has 0 radical (unpaired) electrons. The van der Waals surface area contributed by atoms with Crippen LogP contribution in [0, 0.1) is 5.92 Å². The molecule has 1 aromatic rings. The summed E-state index contributed by atoms with van der Waals surface area (Å²) in [6.07, 6.45) is 1.70. The molecule has 1 N–H and O–H groups in total. The number of nitrogens with zero attached hydrogens (tertiary/aromatic N) is 1. The Morgan fingerprint density at radius 2 is 2.41 bits per heavy atom. The van der Waals surface area contributed by atoms with Crippen molar-refractivity contribution in [2.45, 2.75) is 12.8 Å². The Balaban J connectivity index is 1.85. The number of halogens is 1. The van der Waals surface area contributed by atoms with Crippen LogP contribution in [-0.2, 0) is 4.79 Å². The average Bonchev–Trinajstić information content (AvgIpc) is 2.63. The second-order valence-corrected chi connectivity index (χ2v) is 5.12. The van der Waals surface area contributed by atoms with Crippen LogP contribution in [0.5, 0.6) is 0 Å². The number of carbonyl (C=O) groups is 1. The van der Waals surface area contributed by atoms with Crippen LogP contribution >= 0.6 is 11.6 Å². The van der Waals surface area contributed by atoms with Gasteiger partial charge in [-0.2, -0.15) is 0 Å². The van der Waals surface area contributed by atoms with Gasteiger partial charge >= 0.3 is 0 Å². The van der Waals surface area contributed by atoms with Gasteiger partial charge in [0.25, 0.3) is 0 Å². The summed E-state index contributed by atoms with van der Waals surface area (Å²) < 4.78 is 0. The van der Waals surface area contributed by atoms with Crippen LogP contribution in [0.2, 0.25) is 5.02 Å². The lowest BCUT2D eigenvalue weighted by Gasteiger charge is -2.10. The Morgan fingerprint density at radius 1 is 1.59 bits per heavy atom. The second kappa shape index (κ2) is 5.52. The highest BCUT2D eigenvalue weighted by Gasteiger charge is 2.21. The molecule has 4 heteroatoms. The Kier molecular flexibility index (Phi) is 4.02. The smallest absolute Gasteiger partial charge is 0.224 e. The van der Waals surface area contributed by atoms with Crippen molar-refractivity contribution in [3.8, 4) is 0 Å². The van der Waals surface area contributed by atoms with Gasteiger partial charge in [0.2, 0.25) is 5.91 Å². The Labute approximate surface area is 107 Å². The van der Waals surface area contributed by atoms with Gasteiger partial charge in [-0.15, -0.1) is 0 Å². The van der Waals surface area contributed by atoms with Gasteiger partial charge in [0.15, 0.2) is 0 Å². The number of benzene rings is 1. The summed E-state index contributed by atoms with van der Waals surface area (Å²) in [5, 5.41) is 3.52. The number of anilines is 1. The minimum Gasteiger partial charge on any atom is -0.326 e. The summed E-state index contributed by atoms with van der Waals surface area (Å²) in [5.41, 5.74) is 0.772. The second-order valence-electron chi connectivity index (χ2n) is 4.68. The Morgan fingerprint density at radius 3 is 3.06 bits per heavy atom. The van der Waals surface area contributed by atoms with Gasteiger partial charge in [0, 0.05) is 23.7 Å². The number of nitrogens with one attached hydrogen (secondary N) is 1. The van der Waals surface area contributed by atoms with Gasteiger partial charge < -0.3 is 10.2 Å². The molecule has 1 aromatic carbocycles. The van der Waals surface area contributed by atoms with E-state index in [0.717, 1.165) is 25.2 Å². The summed E-state index contributed by atoms with van der Waals surface area (Å²) in [7, 11) is 2.09. The molecular formula is C13H17ClN2O. The van der Waals surface area contributed by atoms with Crippen molar-refractivity contribution in [3.63, 3.8) is 0 Å². The quantitative estimate of drug-likeness (QED) is 0.897. The molecule has 1 saturated heterocycles. The molecule has 17 heavy (non-hydrogen) atoms. The number of likely N-dealkylation sites (tertiary alicyclic amines) is 1. The van der Waals surface area contributed by atoms with Crippen molar-refractivity contribution in [3.05, 3.63) is 29.3 Å². The maximum atomic E-state index is 11.8. The molecule has 1 unspecified atom stereocenters. The maximum absolute atomic E-state index is 11.8. The molecule has 0 spiro atoms. The fourth-order valence-electron chi connectivity index (χ4n) is 2.23. The van der Waals surface area contributed by atoms with Crippen LogP contribution < -0.4 is 5.32 Å². The van der Waals surface area contributed by atoms with E-state index in [1.54, 1.807) is 12.1 Å². The van der Waals surface area contributed by atoms with Gasteiger partial charge in [0.05, 0.1) is 0 Å². The van der Waals surface area contributed by atoms with Crippen molar-refractivity contribution >= 4 is 23.2 Å². The minimum atomic E-state index is 0.0765. The topological polar surface area (TPSA) is 32.3 Å². The minimum absolute atomic E-state index is 0.0765. The summed E-state index contributed by atoms with van der Waals surface area (Å²) in [6, 6.07) is 7.25. The number of hydrogen-bond donors (Lipinski definition) is 1. The van der Waals surface area contributed by atoms with E-state index in [1.807, 2.05) is 12.1 Å². The molecule has 2 rings (SSSR count). The van der Waals surface area contributed by atoms with Gasteiger partial charge in [-0.05, 0) is 44.1 Å². The fraction of sp³-hybridized carbons (Fsp3) is 0.462. The summed E-state index contributed by atoms with van der Waals surface area (Å²) in [6.45, 7) is 2.11. The largest absolute Gasteiger partial charge is 0.326 e. The third kappa shape index (κ3) is 3.72. The highest BCUT2D eigenvalue weighted by molar-refractivity contribution is 6.30. The van der Waals surface area contributed by atoms with E-state index < -0.39 is 0 Å². The van der Waals surface area contributed by atoms with Crippen LogP contribution in [0.4, 0.5) is 5.69 Å². The summed E-state index contributed by atoms with van der Waals surface area (Å²) in [4.78, 5) is 14.1. The van der Waals surface area contributed by atoms with E-state index in [1.165, 1.54) is 0 Å². The number of rotatable bonds is 3. The van der Waals surface area contributed by atoms with Gasteiger partial charge in [-0.25, -0.2) is 0 Å². The molecule has 0 bridgehead atoms. The van der Waals surface area contributed by atoms with E-state index in [9.17, 15) is 4.79 Å². The zero-order chi connectivity index (χ0) is 12.3. The zero-order valence-corrected chi connectivity index (χ0v) is 10.7. The molecule has 1 amide bonds. The van der Waals surface area contributed by atoms with Crippen molar-refractivity contribution in [1.29, 1.82) is 0 Å². The maximum Gasteiger partial charge on any atom is 0.224 e. The van der Waals surface area contributed by atoms with E-state index >= 15 is 0 Å². The molecule has 1 fully saturated rings. The molecule has 1 atom stereocenters. The van der Waals surface area contributed by atoms with Crippen LogP contribution in [0.15, 0.2) is 24.3 Å². The zero-order valence-electron chi connectivity index (χ0n) is 9.95. The van der Waals surface area contributed by atoms with Crippen LogP contribution in [-0.4, -0.2) is 30.9 Å². The SMILES string of the molecule is CN1CCC(CC(=O)Nc2cccc(Cl)c2)C1. The summed E-state index contributed by atoms with van der Waals surface area (Å²) in [5.74, 6) is 0.562. The third-order valence-electron chi connectivity index (χ3n) is 3.07. The standard InChI is InChI=1S/C13H17ClN2O/c1-16-6-5-10(9-16)7-13(17)15-12-4-2-3-11(14)8-12/h2-4,8,10H,5-7,9H2,1H3,(H,15,17). The van der Waals surface area contributed by atoms with Crippen LogP contribution in [0.1, 0.15) is 12.8 Å². The monoisotopic (exact) mass is 252 g/mol. The molecule has 1 aliphatic heterocycles. The molecule has 0 aliphatic carbocycles. The van der Waals surface area contributed by atoms with E-state index in [0.29, 0.717) is 17.4 Å². The number of hydrogen-bond acceptors (Lipinski definition) is 2. The lowest BCUT2D eigenvalue weighted by atomic mass is 10.0. The van der Waals surface area contributed by atoms with E-state index in [4.69, 9.17) is 11.6 Å². The highest BCUT2D eigenvalue weighted by Crippen LogP contribution is 2.20. The summed E-state index contributed by atoms with van der Waals surface area (Å²) >= 11 is 5.86. The van der Waals surface area contributed by atoms with Gasteiger partial charge in [-0.3, -0.25) is 4.79 Å². The van der Waals surface area contributed by atoms with E-state index in [-0.39, 0.29) is 5.91 Å². The third-order valence-corrected chi connectivity index (χ3v) is 3.31. The Hall–Kier alpha value is -1.06. The molecular weight excluding hydrogens is 236 g/mol. The lowest BCUT2D eigenvalue weighted by molar-refractivity contribution is -0.117. The molecule has 3 nitrogen and oxygen atoms in total. The van der Waals surface area contributed by atoms with Crippen LogP contribution in [0.3, 0.4) is 0 Å². The number of amides is 1. The fourth-order valence-corrected chi connectivity index (χ4v) is 2.42. The first kappa shape index (κ1) is 12.4. The van der Waals surface area contributed by atoms with Crippen molar-refractivity contribution < 1.29 is 4.79 Å². The Bertz CT molecular complexity index is 408. The molecule has 0 aromatic heterocycles. The molecule has 92 valence electrons. The molecule has 0 saturated carbocycles. The highest BCUT2D eigenvalue weighted by atomic mass is 35.5. The first-order chi connectivity index (χ1) is 8.13. The van der Waals surface area contributed by atoms with Crippen molar-refractivity contribution in [2.24, 2.45) is 5.92 Å². The predicted molar refractivity (Wildman–Crippen MR) is 70.3 cm³/mol. The van der Waals surface area contributed by atoms with E-state index in [2.05, 4.69) is 17.3 Å². The number of carbonyl (C=O) groups excluding carboxylic acids is 1. The van der Waals surface area contributed by atoms with Gasteiger partial charge in [0.1, 0.15) is 0 Å². The van der Waals surface area contributed by atoms with Gasteiger partial charge in [-0.1, -0.05) is 17.7 Å². The average molecular weight is 253 g/mol. The molecule has 1 aliphatic rings. The van der Waals surface area contributed by atoms with Crippen LogP contribution in [0.25, 0.3) is 0 Å². The molecule has 1 heterocycles.